The van der Waals surface area contributed by atoms with Crippen LogP contribution < -0.4 is 5.73 Å². The Labute approximate surface area is 125 Å². The van der Waals surface area contributed by atoms with Crippen molar-refractivity contribution in [3.8, 4) is 0 Å². The lowest BCUT2D eigenvalue weighted by Crippen LogP contribution is -2.36. The molecule has 0 bridgehead atoms. The Bertz CT molecular complexity index is 782. The highest BCUT2D eigenvalue weighted by molar-refractivity contribution is 7.89. The van der Waals surface area contributed by atoms with Crippen LogP contribution in [0.5, 0.6) is 0 Å². The van der Waals surface area contributed by atoms with E-state index in [1.54, 1.807) is 19.2 Å². The van der Waals surface area contributed by atoms with E-state index in [4.69, 9.17) is 5.73 Å². The van der Waals surface area contributed by atoms with Crippen LogP contribution in [0.3, 0.4) is 0 Å². The van der Waals surface area contributed by atoms with Gasteiger partial charge in [0.15, 0.2) is 0 Å². The van der Waals surface area contributed by atoms with Gasteiger partial charge in [0.2, 0.25) is 10.0 Å². The molecule has 3 rings (SSSR count). The molecule has 0 heterocycles. The van der Waals surface area contributed by atoms with Gasteiger partial charge >= 0.3 is 0 Å². The number of nitrogens with zero attached hydrogens (tertiary/aromatic N) is 1. The smallest absolute Gasteiger partial charge is 0.243 e. The van der Waals surface area contributed by atoms with Crippen molar-refractivity contribution in [3.63, 3.8) is 0 Å². The molecule has 2 N–H and O–H groups in total. The van der Waals surface area contributed by atoms with E-state index >= 15 is 0 Å². The van der Waals surface area contributed by atoms with E-state index < -0.39 is 10.0 Å². The summed E-state index contributed by atoms with van der Waals surface area (Å²) in [6.45, 7) is 1.98. The van der Waals surface area contributed by atoms with Crippen LogP contribution in [0.1, 0.15) is 19.8 Å². The second-order valence-electron chi connectivity index (χ2n) is 5.80. The van der Waals surface area contributed by atoms with E-state index in [9.17, 15) is 8.42 Å². The van der Waals surface area contributed by atoms with Crippen LogP contribution >= 0.6 is 0 Å². The van der Waals surface area contributed by atoms with Crippen LogP contribution in [-0.4, -0.2) is 25.8 Å². The standard InChI is InChI=1S/C16H20N2O2S/c1-11(12-7-8-12)18(2)21(19,20)16-10-9-15(17)13-5-3-4-6-14(13)16/h3-6,9-12H,7-8,17H2,1-2H3. The highest BCUT2D eigenvalue weighted by Gasteiger charge is 2.36. The van der Waals surface area contributed by atoms with Crippen molar-refractivity contribution in [1.82, 2.24) is 4.31 Å². The molecule has 0 aromatic heterocycles. The van der Waals surface area contributed by atoms with Gasteiger partial charge in [0.05, 0.1) is 4.90 Å². The fraction of sp³-hybridized carbons (Fsp3) is 0.375. The zero-order chi connectivity index (χ0) is 15.2. The molecule has 1 fully saturated rings. The van der Waals surface area contributed by atoms with Crippen LogP contribution in [0.2, 0.25) is 0 Å². The van der Waals surface area contributed by atoms with Gasteiger partial charge in [-0.25, -0.2) is 8.42 Å². The molecule has 1 unspecified atom stereocenters. The number of sulfonamides is 1. The molecule has 0 aliphatic heterocycles. The van der Waals surface area contributed by atoms with Gasteiger partial charge in [-0.1, -0.05) is 24.3 Å². The molecule has 112 valence electrons. The Morgan fingerprint density at radius 3 is 2.38 bits per heavy atom. The second kappa shape index (κ2) is 5.00. The Kier molecular flexibility index (Phi) is 3.42. The molecule has 4 nitrogen and oxygen atoms in total. The third-order valence-electron chi connectivity index (χ3n) is 4.45. The van der Waals surface area contributed by atoms with Crippen LogP contribution in [-0.2, 0) is 10.0 Å². The number of anilines is 1. The predicted octanol–water partition coefficient (Wildman–Crippen LogP) is 2.84. The summed E-state index contributed by atoms with van der Waals surface area (Å²) in [6.07, 6.45) is 2.23. The number of nitrogens with two attached hydrogens (primary N) is 1. The molecule has 5 heteroatoms. The van der Waals surface area contributed by atoms with Gasteiger partial charge in [0.1, 0.15) is 0 Å². The fourth-order valence-corrected chi connectivity index (χ4v) is 4.39. The highest BCUT2D eigenvalue weighted by Crippen LogP contribution is 2.37. The maximum Gasteiger partial charge on any atom is 0.243 e. The van der Waals surface area contributed by atoms with Crippen molar-refractivity contribution in [2.45, 2.75) is 30.7 Å². The normalized spacial score (nSPS) is 17.3. The Hall–Kier alpha value is -1.59. The predicted molar refractivity (Wildman–Crippen MR) is 85.5 cm³/mol. The van der Waals surface area contributed by atoms with E-state index in [0.29, 0.717) is 21.9 Å². The van der Waals surface area contributed by atoms with Crippen LogP contribution in [0, 0.1) is 5.92 Å². The Morgan fingerprint density at radius 1 is 1.14 bits per heavy atom. The summed E-state index contributed by atoms with van der Waals surface area (Å²) in [6, 6.07) is 10.7. The quantitative estimate of drug-likeness (QED) is 0.883. The molecule has 1 saturated carbocycles. The number of hydrogen-bond acceptors (Lipinski definition) is 3. The van der Waals surface area contributed by atoms with Crippen molar-refractivity contribution < 1.29 is 8.42 Å². The maximum absolute atomic E-state index is 12.9. The lowest BCUT2D eigenvalue weighted by atomic mass is 10.1. The Morgan fingerprint density at radius 2 is 1.76 bits per heavy atom. The molecule has 2 aromatic rings. The van der Waals surface area contributed by atoms with E-state index in [0.717, 1.165) is 18.2 Å². The molecule has 0 radical (unpaired) electrons. The molecule has 1 aliphatic carbocycles. The summed E-state index contributed by atoms with van der Waals surface area (Å²) in [5, 5.41) is 1.47. The monoisotopic (exact) mass is 304 g/mol. The minimum Gasteiger partial charge on any atom is -0.398 e. The Balaban J connectivity index is 2.13. The number of benzene rings is 2. The molecule has 0 saturated heterocycles. The van der Waals surface area contributed by atoms with E-state index in [1.165, 1.54) is 4.31 Å². The largest absolute Gasteiger partial charge is 0.398 e. The van der Waals surface area contributed by atoms with E-state index in [1.807, 2.05) is 31.2 Å². The van der Waals surface area contributed by atoms with Crippen LogP contribution in [0.15, 0.2) is 41.3 Å². The van der Waals surface area contributed by atoms with E-state index in [2.05, 4.69) is 0 Å². The number of hydrogen-bond donors (Lipinski definition) is 1. The first-order valence-corrected chi connectivity index (χ1v) is 8.62. The molecule has 21 heavy (non-hydrogen) atoms. The molecule has 1 atom stereocenters. The first-order chi connectivity index (χ1) is 9.93. The molecule has 2 aromatic carbocycles. The summed E-state index contributed by atoms with van der Waals surface area (Å²) in [5.41, 5.74) is 6.55. The zero-order valence-electron chi connectivity index (χ0n) is 12.3. The minimum absolute atomic E-state index is 0.0336. The highest BCUT2D eigenvalue weighted by atomic mass is 32.2. The van der Waals surface area contributed by atoms with Crippen LogP contribution in [0.25, 0.3) is 10.8 Å². The van der Waals surface area contributed by atoms with Crippen molar-refractivity contribution in [2.75, 3.05) is 12.8 Å². The SMILES string of the molecule is CC(C1CC1)N(C)S(=O)(=O)c1ccc(N)c2ccccc12. The third-order valence-corrected chi connectivity index (χ3v) is 6.46. The van der Waals surface area contributed by atoms with Crippen molar-refractivity contribution in [3.05, 3.63) is 36.4 Å². The van der Waals surface area contributed by atoms with Gasteiger partial charge in [0, 0.05) is 29.5 Å². The first-order valence-electron chi connectivity index (χ1n) is 7.18. The summed E-state index contributed by atoms with van der Waals surface area (Å²) in [7, 11) is -1.84. The summed E-state index contributed by atoms with van der Waals surface area (Å²) < 4.78 is 27.3. The van der Waals surface area contributed by atoms with Gasteiger partial charge in [-0.2, -0.15) is 4.31 Å². The molecule has 1 aliphatic rings. The number of fused-ring (bicyclic) bond motifs is 1. The minimum atomic E-state index is -3.51. The van der Waals surface area contributed by atoms with Gasteiger partial charge in [-0.05, 0) is 37.8 Å². The lowest BCUT2D eigenvalue weighted by molar-refractivity contribution is 0.357. The summed E-state index contributed by atoms with van der Waals surface area (Å²) >= 11 is 0. The first kappa shape index (κ1) is 14.4. The van der Waals surface area contributed by atoms with Gasteiger partial charge in [-0.3, -0.25) is 0 Å². The number of nitrogen functional groups attached to an aromatic ring is 1. The summed E-state index contributed by atoms with van der Waals surface area (Å²) in [4.78, 5) is 0.335. The molecular formula is C16H20N2O2S. The molecule has 0 amide bonds. The van der Waals surface area contributed by atoms with Crippen molar-refractivity contribution >= 4 is 26.5 Å². The van der Waals surface area contributed by atoms with Crippen molar-refractivity contribution in [1.29, 1.82) is 0 Å². The second-order valence-corrected chi connectivity index (χ2v) is 7.76. The molecule has 0 spiro atoms. The average molecular weight is 304 g/mol. The number of rotatable bonds is 4. The third kappa shape index (κ3) is 2.40. The van der Waals surface area contributed by atoms with Gasteiger partial charge < -0.3 is 5.73 Å². The fourth-order valence-electron chi connectivity index (χ4n) is 2.77. The van der Waals surface area contributed by atoms with Gasteiger partial charge in [-0.15, -0.1) is 0 Å². The van der Waals surface area contributed by atoms with Crippen LogP contribution in [0.4, 0.5) is 5.69 Å². The average Bonchev–Trinajstić information content (AvgIpc) is 3.30. The topological polar surface area (TPSA) is 63.4 Å². The van der Waals surface area contributed by atoms with Gasteiger partial charge in [0.25, 0.3) is 0 Å². The maximum atomic E-state index is 12.9. The van der Waals surface area contributed by atoms with E-state index in [-0.39, 0.29) is 6.04 Å². The lowest BCUT2D eigenvalue weighted by Gasteiger charge is -2.25. The van der Waals surface area contributed by atoms with Crippen molar-refractivity contribution in [2.24, 2.45) is 5.92 Å². The zero-order valence-corrected chi connectivity index (χ0v) is 13.1. The molecular weight excluding hydrogens is 284 g/mol. The summed E-state index contributed by atoms with van der Waals surface area (Å²) in [5.74, 6) is 0.491.